The quantitative estimate of drug-likeness (QED) is 0.828. The van der Waals surface area contributed by atoms with E-state index < -0.39 is 16.1 Å². The van der Waals surface area contributed by atoms with E-state index in [1.807, 2.05) is 0 Å². The average molecular weight is 375 g/mol. The first-order valence-electron chi connectivity index (χ1n) is 7.59. The third-order valence-corrected chi connectivity index (χ3v) is 5.11. The molecule has 0 radical (unpaired) electrons. The van der Waals surface area contributed by atoms with Crippen molar-refractivity contribution in [1.29, 1.82) is 0 Å². The van der Waals surface area contributed by atoms with Gasteiger partial charge in [0.25, 0.3) is 5.91 Å². The lowest BCUT2D eigenvalue weighted by molar-refractivity contribution is -0.113. The number of nitrogens with one attached hydrogen (secondary N) is 1. The van der Waals surface area contributed by atoms with Crippen LogP contribution in [0.25, 0.3) is 0 Å². The number of aryl methyl sites for hydroxylation is 2. The predicted molar refractivity (Wildman–Crippen MR) is 96.0 cm³/mol. The van der Waals surface area contributed by atoms with Crippen LogP contribution in [0.15, 0.2) is 46.6 Å². The molecule has 10 heteroatoms. The van der Waals surface area contributed by atoms with Gasteiger partial charge in [0.2, 0.25) is 0 Å². The van der Waals surface area contributed by atoms with Crippen molar-refractivity contribution in [1.82, 2.24) is 14.1 Å². The minimum absolute atomic E-state index is 0.0189. The van der Waals surface area contributed by atoms with E-state index in [0.29, 0.717) is 16.9 Å². The fourth-order valence-electron chi connectivity index (χ4n) is 2.52. The number of hydrogen-bond donors (Lipinski definition) is 2. The molecule has 1 amide bonds. The number of phenols is 1. The summed E-state index contributed by atoms with van der Waals surface area (Å²) in [5.41, 5.74) is 1.49. The van der Waals surface area contributed by atoms with E-state index in [4.69, 9.17) is 0 Å². The molecule has 2 N–H and O–H groups in total. The lowest BCUT2D eigenvalue weighted by Crippen LogP contribution is -2.35. The predicted octanol–water partition coefficient (Wildman–Crippen LogP) is 0.936. The Morgan fingerprint density at radius 3 is 2.62 bits per heavy atom. The molecular weight excluding hydrogens is 358 g/mol. The van der Waals surface area contributed by atoms with Crippen LogP contribution in [-0.4, -0.2) is 46.3 Å². The van der Waals surface area contributed by atoms with Crippen LogP contribution in [0.1, 0.15) is 11.3 Å². The summed E-state index contributed by atoms with van der Waals surface area (Å²) in [6.45, 7) is 1.73. The number of carbonyl (C=O) groups is 1. The number of carbonyl (C=O) groups excluding carboxylic acids is 1. The van der Waals surface area contributed by atoms with Gasteiger partial charge in [-0.05, 0) is 25.1 Å². The highest BCUT2D eigenvalue weighted by Gasteiger charge is 2.31. The number of phenolic OH excluding ortho intramolecular Hbond substituents is 1. The van der Waals surface area contributed by atoms with Crippen molar-refractivity contribution in [2.24, 2.45) is 11.4 Å². The second-order valence-electron chi connectivity index (χ2n) is 5.76. The molecular formula is C16H17N5O4S. The van der Waals surface area contributed by atoms with Crippen LogP contribution in [0.5, 0.6) is 5.75 Å². The summed E-state index contributed by atoms with van der Waals surface area (Å²) in [7, 11) is -1.10. The number of allylic oxidation sites excluding steroid dienone is 1. The molecule has 0 aliphatic carbocycles. The van der Waals surface area contributed by atoms with Gasteiger partial charge in [0.1, 0.15) is 11.4 Å². The van der Waals surface area contributed by atoms with E-state index in [1.165, 1.54) is 25.3 Å². The van der Waals surface area contributed by atoms with Gasteiger partial charge in [0.05, 0.1) is 11.4 Å². The molecule has 0 unspecified atom stereocenters. The van der Waals surface area contributed by atoms with Crippen LogP contribution in [-0.2, 0) is 22.1 Å². The second-order valence-corrected chi connectivity index (χ2v) is 7.38. The molecule has 3 rings (SSSR count). The van der Waals surface area contributed by atoms with Crippen molar-refractivity contribution < 1.29 is 18.3 Å². The molecule has 9 nitrogen and oxygen atoms in total. The normalized spacial score (nSPS) is 16.0. The van der Waals surface area contributed by atoms with Crippen LogP contribution < -0.4 is 5.32 Å². The Morgan fingerprint density at radius 2 is 2.00 bits per heavy atom. The molecule has 0 atom stereocenters. The number of hydrogen-bond acceptors (Lipinski definition) is 5. The van der Waals surface area contributed by atoms with Gasteiger partial charge < -0.3 is 10.4 Å². The number of anilines is 1. The summed E-state index contributed by atoms with van der Waals surface area (Å²) in [6.07, 6.45) is 3.03. The maximum atomic E-state index is 12.6. The van der Waals surface area contributed by atoms with Gasteiger partial charge in [-0.15, -0.1) is 4.40 Å². The number of amides is 1. The van der Waals surface area contributed by atoms with E-state index in [1.54, 1.807) is 37.0 Å². The van der Waals surface area contributed by atoms with Crippen LogP contribution in [0.4, 0.5) is 5.69 Å². The summed E-state index contributed by atoms with van der Waals surface area (Å²) in [6, 6.07) is 5.96. The summed E-state index contributed by atoms with van der Waals surface area (Å²) >= 11 is 0. The first kappa shape index (κ1) is 17.7. The molecule has 0 saturated heterocycles. The Bertz CT molecular complexity index is 1050. The number of aromatic hydroxyl groups is 1. The molecule has 1 aliphatic rings. The van der Waals surface area contributed by atoms with E-state index in [-0.39, 0.29) is 17.2 Å². The Morgan fingerprint density at radius 1 is 1.27 bits per heavy atom. The van der Waals surface area contributed by atoms with Crippen LogP contribution >= 0.6 is 0 Å². The van der Waals surface area contributed by atoms with E-state index >= 15 is 0 Å². The van der Waals surface area contributed by atoms with Crippen molar-refractivity contribution in [3.05, 3.63) is 53.5 Å². The monoisotopic (exact) mass is 375 g/mol. The smallest absolute Gasteiger partial charge is 0.345 e. The third kappa shape index (κ3) is 3.31. The zero-order valence-electron chi connectivity index (χ0n) is 14.3. The summed E-state index contributed by atoms with van der Waals surface area (Å²) < 4.78 is 30.8. The van der Waals surface area contributed by atoms with Gasteiger partial charge in [0, 0.05) is 37.6 Å². The zero-order chi connectivity index (χ0) is 19.1. The maximum absolute atomic E-state index is 12.6. The topological polar surface area (TPSA) is 117 Å². The SMILES string of the molecule is Cc1nn(C)cc1C1=NS(=O)(=O)N(C)C(C(=O)Nc2cccc(O)c2)=C1. The number of rotatable bonds is 3. The van der Waals surface area contributed by atoms with Crippen LogP contribution in [0.3, 0.4) is 0 Å². The molecule has 2 heterocycles. The number of benzene rings is 1. The maximum Gasteiger partial charge on any atom is 0.345 e. The van der Waals surface area contributed by atoms with Crippen molar-refractivity contribution >= 4 is 27.5 Å². The molecule has 0 spiro atoms. The Kier molecular flexibility index (Phi) is 4.28. The Balaban J connectivity index is 2.00. The number of nitrogens with zero attached hydrogens (tertiary/aromatic N) is 4. The third-order valence-electron chi connectivity index (χ3n) is 3.80. The fourth-order valence-corrected chi connectivity index (χ4v) is 3.43. The van der Waals surface area contributed by atoms with Crippen molar-refractivity contribution in [3.63, 3.8) is 0 Å². The summed E-state index contributed by atoms with van der Waals surface area (Å²) in [4.78, 5) is 12.6. The van der Waals surface area contributed by atoms with Gasteiger partial charge in [-0.25, -0.2) is 4.31 Å². The van der Waals surface area contributed by atoms with Crippen LogP contribution in [0.2, 0.25) is 0 Å². The highest BCUT2D eigenvalue weighted by atomic mass is 32.2. The van der Waals surface area contributed by atoms with E-state index in [0.717, 1.165) is 4.31 Å². The first-order valence-corrected chi connectivity index (χ1v) is 8.98. The first-order chi connectivity index (χ1) is 12.2. The molecule has 2 aromatic rings. The number of aromatic nitrogens is 2. The molecule has 1 aliphatic heterocycles. The highest BCUT2D eigenvalue weighted by Crippen LogP contribution is 2.23. The minimum atomic E-state index is -4.06. The minimum Gasteiger partial charge on any atom is -0.508 e. The van der Waals surface area contributed by atoms with Gasteiger partial charge in [-0.1, -0.05) is 6.07 Å². The van der Waals surface area contributed by atoms with Crippen molar-refractivity contribution in [2.45, 2.75) is 6.92 Å². The molecule has 26 heavy (non-hydrogen) atoms. The summed E-state index contributed by atoms with van der Waals surface area (Å²) in [5, 5.41) is 16.2. The van der Waals surface area contributed by atoms with Crippen LogP contribution in [0, 0.1) is 6.92 Å². The largest absolute Gasteiger partial charge is 0.508 e. The molecule has 136 valence electrons. The molecule has 1 aromatic heterocycles. The molecule has 1 aromatic carbocycles. The highest BCUT2D eigenvalue weighted by molar-refractivity contribution is 7.88. The number of likely N-dealkylation sites (N-methyl/N-ethyl adjacent to an activating group) is 1. The Labute approximate surface area is 150 Å². The lowest BCUT2D eigenvalue weighted by atomic mass is 10.1. The Hall–Kier alpha value is -3.14. The summed E-state index contributed by atoms with van der Waals surface area (Å²) in [5.74, 6) is -0.662. The van der Waals surface area contributed by atoms with E-state index in [2.05, 4.69) is 14.8 Å². The standard InChI is InChI=1S/C16H17N5O4S/c1-10-13(9-20(2)18-10)14-8-15(21(3)26(24,25)19-14)16(23)17-11-5-4-6-12(22)7-11/h4-9,22H,1-3H3,(H,17,23). The molecule has 0 saturated carbocycles. The fraction of sp³-hybridized carbons (Fsp3) is 0.188. The second kappa shape index (κ2) is 6.30. The molecule has 0 fully saturated rings. The zero-order valence-corrected chi connectivity index (χ0v) is 15.1. The lowest BCUT2D eigenvalue weighted by Gasteiger charge is -2.23. The van der Waals surface area contributed by atoms with Gasteiger partial charge in [0.15, 0.2) is 0 Å². The van der Waals surface area contributed by atoms with Gasteiger partial charge in [-0.2, -0.15) is 13.5 Å². The van der Waals surface area contributed by atoms with Gasteiger partial charge in [-0.3, -0.25) is 9.48 Å². The van der Waals surface area contributed by atoms with Gasteiger partial charge >= 0.3 is 10.2 Å². The average Bonchev–Trinajstić information content (AvgIpc) is 2.88. The molecule has 0 bridgehead atoms. The van der Waals surface area contributed by atoms with Crippen molar-refractivity contribution in [2.75, 3.05) is 12.4 Å². The van der Waals surface area contributed by atoms with Crippen molar-refractivity contribution in [3.8, 4) is 5.75 Å². The van der Waals surface area contributed by atoms with E-state index in [9.17, 15) is 18.3 Å².